The number of nitrogens with two attached hydrogens (primary N) is 1. The van der Waals surface area contributed by atoms with Crippen molar-refractivity contribution < 1.29 is 0 Å². The van der Waals surface area contributed by atoms with E-state index in [1.54, 1.807) is 11.3 Å². The highest BCUT2D eigenvalue weighted by molar-refractivity contribution is 9.11. The maximum absolute atomic E-state index is 6.05. The van der Waals surface area contributed by atoms with E-state index in [0.717, 1.165) is 33.7 Å². The molecule has 0 aliphatic rings. The van der Waals surface area contributed by atoms with Crippen molar-refractivity contribution in [1.82, 2.24) is 19.3 Å². The van der Waals surface area contributed by atoms with Gasteiger partial charge in [-0.2, -0.15) is 5.10 Å². The van der Waals surface area contributed by atoms with E-state index in [4.69, 9.17) is 5.73 Å². The predicted octanol–water partition coefficient (Wildman–Crippen LogP) is 3.02. The summed E-state index contributed by atoms with van der Waals surface area (Å²) in [6, 6.07) is 4.15. The van der Waals surface area contributed by atoms with Crippen molar-refractivity contribution in [2.75, 3.05) is 5.73 Å². The van der Waals surface area contributed by atoms with Gasteiger partial charge in [0.1, 0.15) is 5.52 Å². The topological polar surface area (TPSA) is 61.7 Å². The zero-order chi connectivity index (χ0) is 13.6. The minimum Gasteiger partial charge on any atom is -0.369 e. The lowest BCUT2D eigenvalue weighted by atomic mass is 10.4. The predicted molar refractivity (Wildman–Crippen MR) is 81.5 cm³/mol. The number of thiophene rings is 1. The number of aryl methyl sites for hydroxylation is 2. The lowest BCUT2D eigenvalue weighted by Gasteiger charge is -2.06. The lowest BCUT2D eigenvalue weighted by Crippen LogP contribution is -2.08. The maximum Gasteiger partial charge on any atom is 0.202 e. The highest BCUT2D eigenvalue weighted by Crippen LogP contribution is 2.26. The minimum atomic E-state index is 0.544. The average Bonchev–Trinajstić information content (AvgIpc) is 3.00. The highest BCUT2D eigenvalue weighted by atomic mass is 79.9. The Labute approximate surface area is 123 Å². The van der Waals surface area contributed by atoms with Crippen molar-refractivity contribution >= 4 is 44.4 Å². The van der Waals surface area contributed by atoms with E-state index in [9.17, 15) is 0 Å². The average molecular weight is 340 g/mol. The van der Waals surface area contributed by atoms with Crippen molar-refractivity contribution in [3.05, 3.63) is 26.5 Å². The minimum absolute atomic E-state index is 0.544. The summed E-state index contributed by atoms with van der Waals surface area (Å²) in [7, 11) is 0. The van der Waals surface area contributed by atoms with Gasteiger partial charge in [-0.25, -0.2) is 9.67 Å². The Morgan fingerprint density at radius 2 is 2.21 bits per heavy atom. The summed E-state index contributed by atoms with van der Waals surface area (Å²) in [5.74, 6) is 0.544. The summed E-state index contributed by atoms with van der Waals surface area (Å²) < 4.78 is 5.10. The smallest absolute Gasteiger partial charge is 0.202 e. The Bertz CT molecular complexity index is 739. The van der Waals surface area contributed by atoms with Crippen LogP contribution in [0, 0.1) is 6.92 Å². The van der Waals surface area contributed by atoms with Crippen molar-refractivity contribution in [1.29, 1.82) is 0 Å². The van der Waals surface area contributed by atoms with E-state index < -0.39 is 0 Å². The molecule has 0 fully saturated rings. The largest absolute Gasteiger partial charge is 0.369 e. The Morgan fingerprint density at radius 1 is 1.42 bits per heavy atom. The molecule has 19 heavy (non-hydrogen) atoms. The first kappa shape index (κ1) is 12.7. The number of fused-ring (bicyclic) bond motifs is 1. The number of hydrogen-bond acceptors (Lipinski definition) is 4. The van der Waals surface area contributed by atoms with Crippen LogP contribution >= 0.6 is 27.3 Å². The molecule has 0 bridgehead atoms. The molecule has 5 nitrogen and oxygen atoms in total. The molecule has 3 rings (SSSR count). The molecular weight excluding hydrogens is 326 g/mol. The van der Waals surface area contributed by atoms with Crippen LogP contribution in [-0.4, -0.2) is 19.3 Å². The summed E-state index contributed by atoms with van der Waals surface area (Å²) in [5.41, 5.74) is 8.87. The lowest BCUT2D eigenvalue weighted by molar-refractivity contribution is 0.649. The third kappa shape index (κ3) is 2.06. The van der Waals surface area contributed by atoms with E-state index in [2.05, 4.69) is 39.0 Å². The standard InChI is InChI=1S/C12H14BrN5S/c1-3-18-11-10(7(2)16-18)15-12(14)17(11)6-8-4-5-9(13)19-8/h4-5H,3,6H2,1-2H3,(H2,14,15). The first-order valence-electron chi connectivity index (χ1n) is 6.03. The number of halogens is 1. The van der Waals surface area contributed by atoms with Crippen LogP contribution in [0.4, 0.5) is 5.95 Å². The monoisotopic (exact) mass is 339 g/mol. The molecule has 2 N–H and O–H groups in total. The van der Waals surface area contributed by atoms with Crippen LogP contribution in [0.1, 0.15) is 17.5 Å². The molecule has 3 heterocycles. The fourth-order valence-corrected chi connectivity index (χ4v) is 3.68. The summed E-state index contributed by atoms with van der Waals surface area (Å²) in [6.45, 7) is 5.57. The molecule has 0 aliphatic carbocycles. The van der Waals surface area contributed by atoms with Gasteiger partial charge in [-0.3, -0.25) is 4.57 Å². The number of aromatic nitrogens is 4. The zero-order valence-corrected chi connectivity index (χ0v) is 13.1. The second-order valence-electron chi connectivity index (χ2n) is 4.34. The van der Waals surface area contributed by atoms with Gasteiger partial charge >= 0.3 is 0 Å². The SMILES string of the molecule is CCn1nc(C)c2nc(N)n(Cc3ccc(Br)s3)c21. The van der Waals surface area contributed by atoms with Crippen LogP contribution in [0.25, 0.3) is 11.2 Å². The molecule has 0 radical (unpaired) electrons. The third-order valence-electron chi connectivity index (χ3n) is 3.07. The number of imidazole rings is 1. The number of hydrogen-bond donors (Lipinski definition) is 1. The van der Waals surface area contributed by atoms with Crippen molar-refractivity contribution in [2.45, 2.75) is 26.9 Å². The fourth-order valence-electron chi connectivity index (χ4n) is 2.21. The van der Waals surface area contributed by atoms with Crippen LogP contribution in [0.15, 0.2) is 15.9 Å². The van der Waals surface area contributed by atoms with Gasteiger partial charge in [0.05, 0.1) is 16.0 Å². The van der Waals surface area contributed by atoms with Gasteiger partial charge in [0.2, 0.25) is 5.95 Å². The van der Waals surface area contributed by atoms with Crippen molar-refractivity contribution in [3.8, 4) is 0 Å². The quantitative estimate of drug-likeness (QED) is 0.797. The molecule has 3 aromatic rings. The second-order valence-corrected chi connectivity index (χ2v) is 6.88. The van der Waals surface area contributed by atoms with Gasteiger partial charge in [0.25, 0.3) is 0 Å². The van der Waals surface area contributed by atoms with E-state index in [1.807, 2.05) is 22.2 Å². The van der Waals surface area contributed by atoms with E-state index in [1.165, 1.54) is 4.88 Å². The highest BCUT2D eigenvalue weighted by Gasteiger charge is 2.17. The second kappa shape index (κ2) is 4.64. The normalized spacial score (nSPS) is 11.5. The molecule has 0 unspecified atom stereocenters. The number of nitrogens with zero attached hydrogens (tertiary/aromatic N) is 4. The molecule has 7 heteroatoms. The van der Waals surface area contributed by atoms with Gasteiger partial charge in [-0.1, -0.05) is 0 Å². The van der Waals surface area contributed by atoms with Crippen molar-refractivity contribution in [3.63, 3.8) is 0 Å². The molecule has 0 saturated heterocycles. The number of nitrogen functional groups attached to an aromatic ring is 1. The van der Waals surface area contributed by atoms with Crippen LogP contribution in [0.5, 0.6) is 0 Å². The summed E-state index contributed by atoms with van der Waals surface area (Å²) in [6.07, 6.45) is 0. The number of anilines is 1. The molecule has 0 aromatic carbocycles. The molecule has 0 atom stereocenters. The Kier molecular flexibility index (Phi) is 3.10. The molecule has 0 aliphatic heterocycles. The Hall–Kier alpha value is -1.34. The molecule has 0 saturated carbocycles. The Morgan fingerprint density at radius 3 is 2.84 bits per heavy atom. The molecule has 0 spiro atoms. The van der Waals surface area contributed by atoms with Gasteiger partial charge < -0.3 is 5.73 Å². The van der Waals surface area contributed by atoms with Crippen LogP contribution < -0.4 is 5.73 Å². The first-order valence-corrected chi connectivity index (χ1v) is 7.64. The number of rotatable bonds is 3. The summed E-state index contributed by atoms with van der Waals surface area (Å²) in [5, 5.41) is 4.49. The molecular formula is C12H14BrN5S. The van der Waals surface area contributed by atoms with E-state index >= 15 is 0 Å². The molecule has 3 aromatic heterocycles. The first-order chi connectivity index (χ1) is 9.10. The van der Waals surface area contributed by atoms with Gasteiger partial charge in [0.15, 0.2) is 5.65 Å². The summed E-state index contributed by atoms with van der Waals surface area (Å²) >= 11 is 5.19. The van der Waals surface area contributed by atoms with E-state index in [-0.39, 0.29) is 0 Å². The molecule has 100 valence electrons. The maximum atomic E-state index is 6.05. The van der Waals surface area contributed by atoms with Gasteiger partial charge in [-0.05, 0) is 41.9 Å². The van der Waals surface area contributed by atoms with Crippen LogP contribution in [-0.2, 0) is 13.1 Å². The van der Waals surface area contributed by atoms with E-state index in [0.29, 0.717) is 5.95 Å². The van der Waals surface area contributed by atoms with Gasteiger partial charge in [0, 0.05) is 11.4 Å². The zero-order valence-electron chi connectivity index (χ0n) is 10.7. The van der Waals surface area contributed by atoms with Gasteiger partial charge in [-0.15, -0.1) is 11.3 Å². The van der Waals surface area contributed by atoms with Crippen LogP contribution in [0.3, 0.4) is 0 Å². The van der Waals surface area contributed by atoms with Crippen LogP contribution in [0.2, 0.25) is 0 Å². The molecule has 0 amide bonds. The van der Waals surface area contributed by atoms with Crippen molar-refractivity contribution in [2.24, 2.45) is 0 Å². The Balaban J connectivity index is 2.14. The third-order valence-corrected chi connectivity index (χ3v) is 4.68. The fraction of sp³-hybridized carbons (Fsp3) is 0.333. The summed E-state index contributed by atoms with van der Waals surface area (Å²) in [4.78, 5) is 5.67.